The molecule has 0 saturated heterocycles. The number of fused-ring (bicyclic) bond motifs is 1. The molecule has 3 rings (SSSR count). The lowest BCUT2D eigenvalue weighted by Gasteiger charge is -2.16. The third-order valence-corrected chi connectivity index (χ3v) is 4.62. The van der Waals surface area contributed by atoms with Crippen LogP contribution < -0.4 is 0 Å². The molecule has 0 saturated carbocycles. The van der Waals surface area contributed by atoms with Gasteiger partial charge in [-0.1, -0.05) is 42.5 Å². The first-order valence-electron chi connectivity index (χ1n) is 9.61. The van der Waals surface area contributed by atoms with Crippen molar-refractivity contribution in [2.24, 2.45) is 0 Å². The number of ether oxygens (including phenoxy) is 1. The molecule has 6 nitrogen and oxygen atoms in total. The van der Waals surface area contributed by atoms with Gasteiger partial charge in [0.15, 0.2) is 0 Å². The largest absolute Gasteiger partial charge is 0.466 e. The molecule has 148 valence electrons. The van der Waals surface area contributed by atoms with Gasteiger partial charge in [-0.15, -0.1) is 0 Å². The summed E-state index contributed by atoms with van der Waals surface area (Å²) in [5.41, 5.74) is 2.91. The Morgan fingerprint density at radius 2 is 1.79 bits per heavy atom. The van der Waals surface area contributed by atoms with E-state index in [1.165, 1.54) is 0 Å². The minimum atomic E-state index is -0.915. The number of aliphatic hydroxyl groups is 2. The van der Waals surface area contributed by atoms with Crippen molar-refractivity contribution in [3.05, 3.63) is 54.6 Å². The smallest absolute Gasteiger partial charge is 0.308 e. The zero-order chi connectivity index (χ0) is 19.9. The van der Waals surface area contributed by atoms with Gasteiger partial charge in [0.1, 0.15) is 5.82 Å². The van der Waals surface area contributed by atoms with Gasteiger partial charge in [-0.3, -0.25) is 4.79 Å². The van der Waals surface area contributed by atoms with E-state index in [4.69, 9.17) is 9.72 Å². The summed E-state index contributed by atoms with van der Waals surface area (Å²) in [5, 5.41) is 20.3. The van der Waals surface area contributed by atoms with Gasteiger partial charge >= 0.3 is 5.97 Å². The van der Waals surface area contributed by atoms with Crippen LogP contribution in [0.2, 0.25) is 0 Å². The highest BCUT2D eigenvalue weighted by atomic mass is 16.5. The van der Waals surface area contributed by atoms with Gasteiger partial charge in [0.05, 0.1) is 36.3 Å². The van der Waals surface area contributed by atoms with Crippen LogP contribution in [-0.4, -0.2) is 44.5 Å². The standard InChI is InChI=1S/C22H26N2O4/c1-2-28-21(27)15-18(26)14-17(25)12-13-24-20-11-7-6-10-19(20)23-22(24)16-8-4-3-5-9-16/h3-11,17-18,25-26H,2,12-15H2,1H3. The fourth-order valence-electron chi connectivity index (χ4n) is 3.32. The number of rotatable bonds is 9. The quantitative estimate of drug-likeness (QED) is 0.556. The van der Waals surface area contributed by atoms with Gasteiger partial charge in [0.2, 0.25) is 0 Å². The van der Waals surface area contributed by atoms with E-state index >= 15 is 0 Å². The van der Waals surface area contributed by atoms with Crippen molar-refractivity contribution in [3.63, 3.8) is 0 Å². The summed E-state index contributed by atoms with van der Waals surface area (Å²) in [6, 6.07) is 17.8. The Kier molecular flexibility index (Phi) is 6.79. The van der Waals surface area contributed by atoms with Gasteiger partial charge < -0.3 is 19.5 Å². The second-order valence-corrected chi connectivity index (χ2v) is 6.78. The van der Waals surface area contributed by atoms with Crippen molar-refractivity contribution >= 4 is 17.0 Å². The molecule has 2 unspecified atom stereocenters. The topological polar surface area (TPSA) is 84.6 Å². The third-order valence-electron chi connectivity index (χ3n) is 4.62. The highest BCUT2D eigenvalue weighted by Gasteiger charge is 2.18. The highest BCUT2D eigenvalue weighted by molar-refractivity contribution is 5.80. The molecule has 1 aromatic heterocycles. The third kappa shape index (κ3) is 4.97. The van der Waals surface area contributed by atoms with E-state index in [1.807, 2.05) is 54.6 Å². The van der Waals surface area contributed by atoms with Crippen LogP contribution >= 0.6 is 0 Å². The number of nitrogens with zero attached hydrogens (tertiary/aromatic N) is 2. The van der Waals surface area contributed by atoms with E-state index in [0.29, 0.717) is 13.0 Å². The normalized spacial score (nSPS) is 13.4. The molecule has 2 atom stereocenters. The summed E-state index contributed by atoms with van der Waals surface area (Å²) in [4.78, 5) is 16.2. The molecular weight excluding hydrogens is 356 g/mol. The number of carbonyl (C=O) groups excluding carboxylic acids is 1. The molecule has 6 heteroatoms. The van der Waals surface area contributed by atoms with Gasteiger partial charge in [0, 0.05) is 12.1 Å². The Morgan fingerprint density at radius 3 is 2.54 bits per heavy atom. The van der Waals surface area contributed by atoms with Crippen LogP contribution in [0.5, 0.6) is 0 Å². The Labute approximate surface area is 164 Å². The zero-order valence-electron chi connectivity index (χ0n) is 16.0. The second-order valence-electron chi connectivity index (χ2n) is 6.78. The van der Waals surface area contributed by atoms with Crippen molar-refractivity contribution in [2.45, 2.75) is 44.9 Å². The molecule has 1 heterocycles. The lowest BCUT2D eigenvalue weighted by molar-refractivity contribution is -0.145. The van der Waals surface area contributed by atoms with E-state index in [2.05, 4.69) is 4.57 Å². The predicted octanol–water partition coefficient (Wildman–Crippen LogP) is 3.16. The molecule has 0 aliphatic carbocycles. The van der Waals surface area contributed by atoms with E-state index in [-0.39, 0.29) is 19.4 Å². The molecule has 0 spiro atoms. The number of aromatic nitrogens is 2. The number of benzene rings is 2. The molecule has 0 aliphatic heterocycles. The Morgan fingerprint density at radius 1 is 1.07 bits per heavy atom. The van der Waals surface area contributed by atoms with Crippen LogP contribution in [0.1, 0.15) is 26.2 Å². The number of hydrogen-bond donors (Lipinski definition) is 2. The molecule has 0 radical (unpaired) electrons. The number of carbonyl (C=O) groups is 1. The Hall–Kier alpha value is -2.70. The van der Waals surface area contributed by atoms with Gasteiger partial charge in [-0.05, 0) is 31.9 Å². The molecule has 0 aliphatic rings. The van der Waals surface area contributed by atoms with Gasteiger partial charge in [0.25, 0.3) is 0 Å². The summed E-state index contributed by atoms with van der Waals surface area (Å²) in [6.07, 6.45) is -1.17. The van der Waals surface area contributed by atoms with Crippen LogP contribution in [0.15, 0.2) is 54.6 Å². The Bertz CT molecular complexity index is 907. The van der Waals surface area contributed by atoms with Crippen molar-refractivity contribution in [1.82, 2.24) is 9.55 Å². The lowest BCUT2D eigenvalue weighted by atomic mass is 10.1. The predicted molar refractivity (Wildman–Crippen MR) is 108 cm³/mol. The number of aryl methyl sites for hydroxylation is 1. The lowest BCUT2D eigenvalue weighted by Crippen LogP contribution is -2.23. The summed E-state index contributed by atoms with van der Waals surface area (Å²) in [6.45, 7) is 2.56. The average Bonchev–Trinajstić information content (AvgIpc) is 3.05. The summed E-state index contributed by atoms with van der Waals surface area (Å²) in [7, 11) is 0. The first-order valence-corrected chi connectivity index (χ1v) is 9.61. The fourth-order valence-corrected chi connectivity index (χ4v) is 3.32. The highest BCUT2D eigenvalue weighted by Crippen LogP contribution is 2.25. The van der Waals surface area contributed by atoms with Crippen molar-refractivity contribution in [3.8, 4) is 11.4 Å². The summed E-state index contributed by atoms with van der Waals surface area (Å²) < 4.78 is 6.92. The SMILES string of the molecule is CCOC(=O)CC(O)CC(O)CCn1c(-c2ccccc2)nc2ccccc21. The van der Waals surface area contributed by atoms with Crippen LogP contribution in [0.3, 0.4) is 0 Å². The maximum absolute atomic E-state index is 11.5. The molecule has 2 N–H and O–H groups in total. The molecule has 0 bridgehead atoms. The van der Waals surface area contributed by atoms with Crippen molar-refractivity contribution < 1.29 is 19.7 Å². The first kappa shape index (κ1) is 20.0. The van der Waals surface area contributed by atoms with Crippen LogP contribution in [0.25, 0.3) is 22.4 Å². The second kappa shape index (κ2) is 9.48. The summed E-state index contributed by atoms with van der Waals surface area (Å²) in [5.74, 6) is 0.398. The monoisotopic (exact) mass is 382 g/mol. The van der Waals surface area contributed by atoms with E-state index in [1.54, 1.807) is 6.92 Å². The summed E-state index contributed by atoms with van der Waals surface area (Å²) >= 11 is 0. The van der Waals surface area contributed by atoms with Crippen LogP contribution in [0.4, 0.5) is 0 Å². The van der Waals surface area contributed by atoms with Crippen LogP contribution in [0, 0.1) is 0 Å². The molecular formula is C22H26N2O4. The molecule has 2 aromatic carbocycles. The fraction of sp³-hybridized carbons (Fsp3) is 0.364. The minimum Gasteiger partial charge on any atom is -0.466 e. The number of esters is 1. The minimum absolute atomic E-state index is 0.103. The number of aliphatic hydroxyl groups excluding tert-OH is 2. The number of imidazole rings is 1. The van der Waals surface area contributed by atoms with Gasteiger partial charge in [-0.2, -0.15) is 0 Å². The first-order chi connectivity index (χ1) is 13.6. The van der Waals surface area contributed by atoms with Crippen molar-refractivity contribution in [2.75, 3.05) is 6.61 Å². The maximum atomic E-state index is 11.5. The maximum Gasteiger partial charge on any atom is 0.308 e. The Balaban J connectivity index is 1.71. The molecule has 28 heavy (non-hydrogen) atoms. The molecule has 0 amide bonds. The van der Waals surface area contributed by atoms with Crippen LogP contribution in [-0.2, 0) is 16.1 Å². The molecule has 0 fully saturated rings. The van der Waals surface area contributed by atoms with E-state index < -0.39 is 18.2 Å². The van der Waals surface area contributed by atoms with Gasteiger partial charge in [-0.25, -0.2) is 4.98 Å². The van der Waals surface area contributed by atoms with E-state index in [0.717, 1.165) is 22.4 Å². The van der Waals surface area contributed by atoms with E-state index in [9.17, 15) is 15.0 Å². The average molecular weight is 382 g/mol. The van der Waals surface area contributed by atoms with Crippen molar-refractivity contribution in [1.29, 1.82) is 0 Å². The zero-order valence-corrected chi connectivity index (χ0v) is 16.0. The molecule has 3 aromatic rings. The number of para-hydroxylation sites is 2. The number of hydrogen-bond acceptors (Lipinski definition) is 5.